The summed E-state index contributed by atoms with van der Waals surface area (Å²) in [6.07, 6.45) is 0. The molecule has 0 spiro atoms. The molecule has 0 aliphatic heterocycles. The maximum atomic E-state index is 12.7. The lowest BCUT2D eigenvalue weighted by Gasteiger charge is -2.12. The first kappa shape index (κ1) is 16.5. The summed E-state index contributed by atoms with van der Waals surface area (Å²) in [4.78, 5) is 0.117. The molecular weight excluding hydrogens is 350 g/mol. The van der Waals surface area contributed by atoms with E-state index < -0.39 is 10.0 Å². The normalized spacial score (nSPS) is 11.5. The summed E-state index contributed by atoms with van der Waals surface area (Å²) >= 11 is 5.93. The molecule has 0 unspecified atom stereocenters. The van der Waals surface area contributed by atoms with Gasteiger partial charge in [-0.05, 0) is 36.8 Å². The third kappa shape index (κ3) is 3.27. The molecule has 1 N–H and O–H groups in total. The second-order valence-corrected chi connectivity index (χ2v) is 7.27. The Labute approximate surface area is 144 Å². The van der Waals surface area contributed by atoms with Crippen molar-refractivity contribution in [2.75, 3.05) is 4.72 Å². The molecule has 0 saturated heterocycles. The molecule has 0 aliphatic rings. The Hall–Kier alpha value is -2.38. The van der Waals surface area contributed by atoms with Crippen molar-refractivity contribution in [1.82, 2.24) is 10.2 Å². The number of rotatable bonds is 4. The number of hydrogen-bond acceptors (Lipinski definition) is 5. The Balaban J connectivity index is 2.04. The number of anilines is 1. The van der Waals surface area contributed by atoms with Gasteiger partial charge in [0.05, 0.1) is 16.1 Å². The van der Waals surface area contributed by atoms with E-state index in [0.29, 0.717) is 27.7 Å². The molecule has 0 atom stereocenters. The second-order valence-electron chi connectivity index (χ2n) is 5.19. The Morgan fingerprint density at radius 3 is 2.54 bits per heavy atom. The van der Waals surface area contributed by atoms with Crippen LogP contribution in [-0.2, 0) is 10.0 Å². The zero-order valence-electron chi connectivity index (χ0n) is 12.9. The highest BCUT2D eigenvalue weighted by Gasteiger charge is 2.20. The lowest BCUT2D eigenvalue weighted by atomic mass is 10.2. The zero-order chi connectivity index (χ0) is 17.3. The van der Waals surface area contributed by atoms with E-state index in [1.54, 1.807) is 50.2 Å². The molecule has 1 heterocycles. The molecular formula is C16H14ClN3O3S. The molecule has 0 fully saturated rings. The van der Waals surface area contributed by atoms with Gasteiger partial charge in [-0.2, -0.15) is 0 Å². The highest BCUT2D eigenvalue weighted by atomic mass is 35.5. The summed E-state index contributed by atoms with van der Waals surface area (Å²) in [6.45, 7) is 3.37. The minimum Gasteiger partial charge on any atom is -0.421 e. The van der Waals surface area contributed by atoms with Crippen molar-refractivity contribution in [3.8, 4) is 11.5 Å². The van der Waals surface area contributed by atoms with Gasteiger partial charge in [-0.15, -0.1) is 10.2 Å². The number of nitrogens with one attached hydrogen (secondary N) is 1. The first-order chi connectivity index (χ1) is 11.4. The topological polar surface area (TPSA) is 85.1 Å². The Kier molecular flexibility index (Phi) is 4.29. The first-order valence-corrected chi connectivity index (χ1v) is 8.91. The highest BCUT2D eigenvalue weighted by Crippen LogP contribution is 2.29. The number of nitrogens with zero attached hydrogens (tertiary/aromatic N) is 2. The van der Waals surface area contributed by atoms with Crippen LogP contribution in [0.25, 0.3) is 11.5 Å². The van der Waals surface area contributed by atoms with Crippen LogP contribution in [0.4, 0.5) is 5.69 Å². The highest BCUT2D eigenvalue weighted by molar-refractivity contribution is 7.92. The van der Waals surface area contributed by atoms with Gasteiger partial charge >= 0.3 is 0 Å². The Bertz CT molecular complexity index is 999. The SMILES string of the molecule is Cc1nnc(-c2ccccc2NS(=O)(=O)c2cc(Cl)ccc2C)o1. The molecule has 0 radical (unpaired) electrons. The van der Waals surface area contributed by atoms with Gasteiger partial charge in [0.25, 0.3) is 10.0 Å². The Morgan fingerprint density at radius 1 is 1.08 bits per heavy atom. The molecule has 6 nitrogen and oxygen atoms in total. The van der Waals surface area contributed by atoms with E-state index in [4.69, 9.17) is 16.0 Å². The average molecular weight is 364 g/mol. The molecule has 8 heteroatoms. The minimum atomic E-state index is -3.81. The minimum absolute atomic E-state index is 0.117. The van der Waals surface area contributed by atoms with Crippen LogP contribution in [0.1, 0.15) is 11.5 Å². The van der Waals surface area contributed by atoms with Crippen molar-refractivity contribution in [1.29, 1.82) is 0 Å². The molecule has 2 aromatic carbocycles. The van der Waals surface area contributed by atoms with Crippen molar-refractivity contribution in [2.45, 2.75) is 18.7 Å². The molecule has 24 heavy (non-hydrogen) atoms. The van der Waals surface area contributed by atoms with Gasteiger partial charge in [-0.1, -0.05) is 29.8 Å². The van der Waals surface area contributed by atoms with Crippen molar-refractivity contribution in [3.63, 3.8) is 0 Å². The van der Waals surface area contributed by atoms with Crippen molar-refractivity contribution in [2.24, 2.45) is 0 Å². The Morgan fingerprint density at radius 2 is 1.83 bits per heavy atom. The molecule has 124 valence electrons. The van der Waals surface area contributed by atoms with E-state index in [0.717, 1.165) is 0 Å². The maximum Gasteiger partial charge on any atom is 0.262 e. The average Bonchev–Trinajstić information content (AvgIpc) is 2.96. The van der Waals surface area contributed by atoms with Crippen molar-refractivity contribution in [3.05, 3.63) is 58.9 Å². The van der Waals surface area contributed by atoms with Crippen LogP contribution < -0.4 is 4.72 Å². The molecule has 1 aromatic heterocycles. The quantitative estimate of drug-likeness (QED) is 0.761. The van der Waals surface area contributed by atoms with E-state index >= 15 is 0 Å². The molecule has 0 saturated carbocycles. The van der Waals surface area contributed by atoms with Gasteiger partial charge in [0.1, 0.15) is 0 Å². The van der Waals surface area contributed by atoms with Gasteiger partial charge in [0, 0.05) is 11.9 Å². The molecule has 0 amide bonds. The number of hydrogen-bond donors (Lipinski definition) is 1. The predicted octanol–water partition coefficient (Wildman–Crippen LogP) is 3.81. The maximum absolute atomic E-state index is 12.7. The van der Waals surface area contributed by atoms with Crippen LogP contribution in [0.3, 0.4) is 0 Å². The van der Waals surface area contributed by atoms with E-state index in [1.807, 2.05) is 0 Å². The van der Waals surface area contributed by atoms with Crippen LogP contribution in [0.5, 0.6) is 0 Å². The van der Waals surface area contributed by atoms with Crippen LogP contribution >= 0.6 is 11.6 Å². The number of halogens is 1. The summed E-state index contributed by atoms with van der Waals surface area (Å²) in [6, 6.07) is 11.5. The van der Waals surface area contributed by atoms with Crippen molar-refractivity contribution < 1.29 is 12.8 Å². The monoisotopic (exact) mass is 363 g/mol. The zero-order valence-corrected chi connectivity index (χ0v) is 14.5. The standard InChI is InChI=1S/C16H14ClN3O3S/c1-10-7-8-12(17)9-15(10)24(21,22)20-14-6-4-3-5-13(14)16-19-18-11(2)23-16/h3-9,20H,1-2H3. The summed E-state index contributed by atoms with van der Waals surface area (Å²) in [5, 5.41) is 8.06. The number of aromatic nitrogens is 2. The van der Waals surface area contributed by atoms with E-state index in [9.17, 15) is 8.42 Å². The van der Waals surface area contributed by atoms with Gasteiger partial charge in [0.2, 0.25) is 11.8 Å². The lowest BCUT2D eigenvalue weighted by Crippen LogP contribution is -2.15. The smallest absolute Gasteiger partial charge is 0.262 e. The van der Waals surface area contributed by atoms with Crippen LogP contribution in [0.2, 0.25) is 5.02 Å². The van der Waals surface area contributed by atoms with Gasteiger partial charge in [-0.3, -0.25) is 4.72 Å². The van der Waals surface area contributed by atoms with E-state index in [2.05, 4.69) is 14.9 Å². The summed E-state index contributed by atoms with van der Waals surface area (Å²) in [5.41, 5.74) is 1.44. The van der Waals surface area contributed by atoms with Crippen molar-refractivity contribution >= 4 is 27.3 Å². The van der Waals surface area contributed by atoms with Gasteiger partial charge in [-0.25, -0.2) is 8.42 Å². The van der Waals surface area contributed by atoms with Crippen LogP contribution in [0.15, 0.2) is 51.8 Å². The number of para-hydroxylation sites is 1. The number of sulfonamides is 1. The molecule has 3 rings (SSSR count). The summed E-state index contributed by atoms with van der Waals surface area (Å²) in [5.74, 6) is 0.641. The number of aryl methyl sites for hydroxylation is 2. The third-order valence-electron chi connectivity index (χ3n) is 3.37. The predicted molar refractivity (Wildman–Crippen MR) is 91.5 cm³/mol. The summed E-state index contributed by atoms with van der Waals surface area (Å²) in [7, 11) is -3.81. The fraction of sp³-hybridized carbons (Fsp3) is 0.125. The second kappa shape index (κ2) is 6.26. The summed E-state index contributed by atoms with van der Waals surface area (Å²) < 4.78 is 33.4. The lowest BCUT2D eigenvalue weighted by molar-refractivity contribution is 0.533. The first-order valence-electron chi connectivity index (χ1n) is 7.05. The van der Waals surface area contributed by atoms with E-state index in [1.165, 1.54) is 6.07 Å². The fourth-order valence-electron chi connectivity index (χ4n) is 2.23. The third-order valence-corrected chi connectivity index (χ3v) is 5.11. The largest absolute Gasteiger partial charge is 0.421 e. The molecule has 0 bridgehead atoms. The van der Waals surface area contributed by atoms with Gasteiger partial charge < -0.3 is 4.42 Å². The fourth-order valence-corrected chi connectivity index (χ4v) is 3.82. The molecule has 0 aliphatic carbocycles. The van der Waals surface area contributed by atoms with E-state index in [-0.39, 0.29) is 10.8 Å². The molecule has 3 aromatic rings. The van der Waals surface area contributed by atoms with Gasteiger partial charge in [0.15, 0.2) is 0 Å². The van der Waals surface area contributed by atoms with Crippen LogP contribution in [-0.4, -0.2) is 18.6 Å². The number of benzene rings is 2. The van der Waals surface area contributed by atoms with Crippen LogP contribution in [0, 0.1) is 13.8 Å².